The number of halogens is 2. The highest BCUT2D eigenvalue weighted by Crippen LogP contribution is 2.27. The van der Waals surface area contributed by atoms with Crippen molar-refractivity contribution in [3.63, 3.8) is 0 Å². The predicted molar refractivity (Wildman–Crippen MR) is 108 cm³/mol. The molecule has 0 unspecified atom stereocenters. The Morgan fingerprint density at radius 2 is 1.79 bits per heavy atom. The van der Waals surface area contributed by atoms with Crippen LogP contribution in [0.4, 0.5) is 4.39 Å². The molecule has 4 aromatic rings. The summed E-state index contributed by atoms with van der Waals surface area (Å²) in [5.41, 5.74) is 2.01. The number of rotatable bonds is 4. The van der Waals surface area contributed by atoms with Gasteiger partial charge in [-0.25, -0.2) is 4.39 Å². The van der Waals surface area contributed by atoms with E-state index in [1.54, 1.807) is 67.6 Å². The highest BCUT2D eigenvalue weighted by atomic mass is 35.5. The Hall–Kier alpha value is -3.11. The SMILES string of the molecule is Cc1oc2cc(OCc3ccccc3F)ccc2c(=O)c1-c1ccc(Cl)cc1. The zero-order valence-electron chi connectivity index (χ0n) is 15.0. The lowest BCUT2D eigenvalue weighted by molar-refractivity contribution is 0.300. The molecule has 1 aromatic heterocycles. The second-order valence-corrected chi connectivity index (χ2v) is 6.84. The fourth-order valence-corrected chi connectivity index (χ4v) is 3.23. The van der Waals surface area contributed by atoms with Crippen molar-refractivity contribution in [2.75, 3.05) is 0 Å². The molecule has 4 rings (SSSR count). The van der Waals surface area contributed by atoms with Gasteiger partial charge in [-0.15, -0.1) is 0 Å². The number of ether oxygens (including phenoxy) is 1. The highest BCUT2D eigenvalue weighted by Gasteiger charge is 2.14. The van der Waals surface area contributed by atoms with E-state index in [2.05, 4.69) is 0 Å². The molecule has 0 amide bonds. The molecule has 0 aliphatic carbocycles. The third-order valence-corrected chi connectivity index (χ3v) is 4.78. The van der Waals surface area contributed by atoms with Crippen LogP contribution < -0.4 is 10.2 Å². The van der Waals surface area contributed by atoms with Crippen molar-refractivity contribution in [2.24, 2.45) is 0 Å². The zero-order valence-corrected chi connectivity index (χ0v) is 15.8. The van der Waals surface area contributed by atoms with Crippen LogP contribution in [0.2, 0.25) is 5.02 Å². The Balaban J connectivity index is 1.69. The van der Waals surface area contributed by atoms with Crippen LogP contribution in [0, 0.1) is 12.7 Å². The number of hydrogen-bond acceptors (Lipinski definition) is 3. The Morgan fingerprint density at radius 3 is 2.54 bits per heavy atom. The molecule has 0 saturated heterocycles. The van der Waals surface area contributed by atoms with Gasteiger partial charge in [0.15, 0.2) is 0 Å². The van der Waals surface area contributed by atoms with Gasteiger partial charge in [0.2, 0.25) is 5.43 Å². The topological polar surface area (TPSA) is 39.4 Å². The molecule has 5 heteroatoms. The molecule has 0 saturated carbocycles. The Morgan fingerprint density at radius 1 is 1.04 bits per heavy atom. The van der Waals surface area contributed by atoms with Gasteiger partial charge in [0.1, 0.15) is 29.5 Å². The van der Waals surface area contributed by atoms with Gasteiger partial charge in [0.25, 0.3) is 0 Å². The predicted octanol–water partition coefficient (Wildman–Crippen LogP) is 6.14. The number of fused-ring (bicyclic) bond motifs is 1. The van der Waals surface area contributed by atoms with E-state index in [1.165, 1.54) is 6.07 Å². The molecule has 1 heterocycles. The van der Waals surface area contributed by atoms with Crippen LogP contribution >= 0.6 is 11.6 Å². The van der Waals surface area contributed by atoms with Gasteiger partial charge in [-0.05, 0) is 42.8 Å². The average Bonchev–Trinajstić information content (AvgIpc) is 2.68. The molecule has 0 aliphatic heterocycles. The summed E-state index contributed by atoms with van der Waals surface area (Å²) in [5, 5.41) is 1.05. The van der Waals surface area contributed by atoms with Crippen LogP contribution in [-0.2, 0) is 6.61 Å². The first-order valence-corrected chi connectivity index (χ1v) is 9.10. The molecular weight excluding hydrogens is 379 g/mol. The first kappa shape index (κ1) is 18.3. The Bertz CT molecular complexity index is 1210. The van der Waals surface area contributed by atoms with Crippen molar-refractivity contribution in [3.8, 4) is 16.9 Å². The van der Waals surface area contributed by atoms with E-state index in [-0.39, 0.29) is 17.9 Å². The van der Waals surface area contributed by atoms with Crippen LogP contribution in [0.3, 0.4) is 0 Å². The van der Waals surface area contributed by atoms with Crippen LogP contribution in [0.1, 0.15) is 11.3 Å². The van der Waals surface area contributed by atoms with Gasteiger partial charge >= 0.3 is 0 Å². The maximum Gasteiger partial charge on any atom is 0.200 e. The third kappa shape index (κ3) is 3.51. The molecule has 3 aromatic carbocycles. The van der Waals surface area contributed by atoms with E-state index in [0.717, 1.165) is 5.56 Å². The molecule has 0 spiro atoms. The summed E-state index contributed by atoms with van der Waals surface area (Å²) in [7, 11) is 0. The van der Waals surface area contributed by atoms with E-state index in [1.807, 2.05) is 0 Å². The number of aryl methyl sites for hydroxylation is 1. The molecule has 28 heavy (non-hydrogen) atoms. The molecule has 0 bridgehead atoms. The fourth-order valence-electron chi connectivity index (χ4n) is 3.10. The Labute approximate surface area is 166 Å². The number of benzene rings is 3. The lowest BCUT2D eigenvalue weighted by atomic mass is 10.0. The zero-order chi connectivity index (χ0) is 19.7. The second-order valence-electron chi connectivity index (χ2n) is 6.41. The van der Waals surface area contributed by atoms with Crippen LogP contribution in [0.5, 0.6) is 5.75 Å². The minimum atomic E-state index is -0.321. The molecule has 0 fully saturated rings. The summed E-state index contributed by atoms with van der Waals surface area (Å²) in [6, 6.07) is 18.5. The fraction of sp³-hybridized carbons (Fsp3) is 0.0870. The lowest BCUT2D eigenvalue weighted by Crippen LogP contribution is -2.07. The summed E-state index contributed by atoms with van der Waals surface area (Å²) >= 11 is 5.94. The van der Waals surface area contributed by atoms with E-state index >= 15 is 0 Å². The van der Waals surface area contributed by atoms with Crippen molar-refractivity contribution < 1.29 is 13.5 Å². The van der Waals surface area contributed by atoms with Crippen LogP contribution in [-0.4, -0.2) is 0 Å². The van der Waals surface area contributed by atoms with Crippen molar-refractivity contribution in [1.29, 1.82) is 0 Å². The minimum Gasteiger partial charge on any atom is -0.489 e. The van der Waals surface area contributed by atoms with Crippen molar-refractivity contribution >= 4 is 22.6 Å². The molecule has 0 N–H and O–H groups in total. The van der Waals surface area contributed by atoms with Gasteiger partial charge in [-0.1, -0.05) is 41.9 Å². The third-order valence-electron chi connectivity index (χ3n) is 4.52. The van der Waals surface area contributed by atoms with Gasteiger partial charge in [0, 0.05) is 16.7 Å². The van der Waals surface area contributed by atoms with E-state index in [4.69, 9.17) is 20.8 Å². The number of hydrogen-bond donors (Lipinski definition) is 0. The summed E-state index contributed by atoms with van der Waals surface area (Å²) in [5.74, 6) is 0.682. The van der Waals surface area contributed by atoms with Crippen LogP contribution in [0.25, 0.3) is 22.1 Å². The lowest BCUT2D eigenvalue weighted by Gasteiger charge is -2.10. The summed E-state index contributed by atoms with van der Waals surface area (Å²) in [6.45, 7) is 1.84. The van der Waals surface area contributed by atoms with Gasteiger partial charge < -0.3 is 9.15 Å². The average molecular weight is 395 g/mol. The maximum absolute atomic E-state index is 13.7. The van der Waals surface area contributed by atoms with Gasteiger partial charge in [0.05, 0.1) is 10.9 Å². The standard InChI is InChI=1S/C23H16ClFO3/c1-14-22(15-6-8-17(24)9-7-15)23(26)19-11-10-18(12-21(19)28-14)27-13-16-4-2-3-5-20(16)25/h2-12H,13H2,1H3. The van der Waals surface area contributed by atoms with Gasteiger partial charge in [-0.3, -0.25) is 4.79 Å². The highest BCUT2D eigenvalue weighted by molar-refractivity contribution is 6.30. The van der Waals surface area contributed by atoms with Gasteiger partial charge in [-0.2, -0.15) is 0 Å². The quantitative estimate of drug-likeness (QED) is 0.417. The summed E-state index contributed by atoms with van der Waals surface area (Å²) in [6.07, 6.45) is 0. The largest absolute Gasteiger partial charge is 0.489 e. The minimum absolute atomic E-state index is 0.0876. The molecule has 140 valence electrons. The normalized spacial score (nSPS) is 11.0. The van der Waals surface area contributed by atoms with Crippen molar-refractivity contribution in [1.82, 2.24) is 0 Å². The molecular formula is C23H16ClFO3. The molecule has 3 nitrogen and oxygen atoms in total. The summed E-state index contributed by atoms with van der Waals surface area (Å²) in [4.78, 5) is 13.0. The Kier molecular flexibility index (Phi) is 4.88. The monoisotopic (exact) mass is 394 g/mol. The summed E-state index contributed by atoms with van der Waals surface area (Å²) < 4.78 is 25.3. The van der Waals surface area contributed by atoms with Crippen molar-refractivity contribution in [2.45, 2.75) is 13.5 Å². The van der Waals surface area contributed by atoms with E-state index in [0.29, 0.717) is 38.6 Å². The first-order valence-electron chi connectivity index (χ1n) is 8.72. The maximum atomic E-state index is 13.7. The van der Waals surface area contributed by atoms with E-state index < -0.39 is 0 Å². The molecule has 0 radical (unpaired) electrons. The van der Waals surface area contributed by atoms with E-state index in [9.17, 15) is 9.18 Å². The first-order chi connectivity index (χ1) is 13.5. The smallest absolute Gasteiger partial charge is 0.200 e. The molecule has 0 atom stereocenters. The second kappa shape index (κ2) is 7.49. The molecule has 0 aliphatic rings. The van der Waals surface area contributed by atoms with Crippen molar-refractivity contribution in [3.05, 3.63) is 99.1 Å². The van der Waals surface area contributed by atoms with Crippen LogP contribution in [0.15, 0.2) is 75.9 Å².